The van der Waals surface area contributed by atoms with Crippen LogP contribution in [0.4, 0.5) is 5.69 Å². The summed E-state index contributed by atoms with van der Waals surface area (Å²) >= 11 is 14.1. The van der Waals surface area contributed by atoms with Crippen LogP contribution >= 0.6 is 35.0 Å². The van der Waals surface area contributed by atoms with Crippen molar-refractivity contribution in [2.45, 2.75) is 68.0 Å². The first-order valence-electron chi connectivity index (χ1n) is 13.8. The zero-order valence-electron chi connectivity index (χ0n) is 23.8. The number of nitrogens with one attached hydrogen (secondary N) is 1. The highest BCUT2D eigenvalue weighted by Crippen LogP contribution is 2.28. The molecule has 0 heterocycles. The zero-order valence-corrected chi connectivity index (χ0v) is 27.0. The standard InChI is InChI=1S/C31H35Cl2N3O4S2/c1-21-8-12-26(13-9-21)36(42(39,40)28-16-14-27(41-3)15-17-28)20-30(37)35(19-23-10-11-24(32)18-29(23)33)22(2)31(38)34-25-6-4-5-7-25/h8-18,22,25H,4-7,19-20H2,1-3H3,(H,34,38)/t22-/m0/s1. The SMILES string of the molecule is CSc1ccc(S(=O)(=O)N(CC(=O)N(Cc2ccc(Cl)cc2Cl)[C@@H](C)C(=O)NC2CCCC2)c2ccc(C)cc2)cc1. The van der Waals surface area contributed by atoms with E-state index in [9.17, 15) is 18.0 Å². The minimum absolute atomic E-state index is 0.00169. The summed E-state index contributed by atoms with van der Waals surface area (Å²) in [6.07, 6.45) is 5.79. The molecule has 2 amide bonds. The topological polar surface area (TPSA) is 86.8 Å². The van der Waals surface area contributed by atoms with E-state index in [4.69, 9.17) is 23.2 Å². The molecule has 1 fully saturated rings. The van der Waals surface area contributed by atoms with Gasteiger partial charge < -0.3 is 10.2 Å². The van der Waals surface area contributed by atoms with Crippen LogP contribution in [0.15, 0.2) is 76.5 Å². The number of nitrogens with zero attached hydrogens (tertiary/aromatic N) is 2. The predicted molar refractivity (Wildman–Crippen MR) is 171 cm³/mol. The van der Waals surface area contributed by atoms with E-state index in [-0.39, 0.29) is 23.4 Å². The fraction of sp³-hybridized carbons (Fsp3) is 0.355. The quantitative estimate of drug-likeness (QED) is 0.234. The van der Waals surface area contributed by atoms with Gasteiger partial charge in [-0.2, -0.15) is 0 Å². The lowest BCUT2D eigenvalue weighted by molar-refractivity contribution is -0.139. The molecule has 0 unspecified atom stereocenters. The fourth-order valence-corrected chi connectivity index (χ4v) is 7.21. The van der Waals surface area contributed by atoms with E-state index in [1.165, 1.54) is 28.8 Å². The molecule has 1 atom stereocenters. The number of sulfonamides is 1. The minimum atomic E-state index is -4.14. The van der Waals surface area contributed by atoms with Gasteiger partial charge in [0.2, 0.25) is 11.8 Å². The summed E-state index contributed by atoms with van der Waals surface area (Å²) in [6.45, 7) is 3.04. The Morgan fingerprint density at radius 2 is 1.64 bits per heavy atom. The van der Waals surface area contributed by atoms with E-state index in [2.05, 4.69) is 5.32 Å². The van der Waals surface area contributed by atoms with Gasteiger partial charge in [-0.15, -0.1) is 11.8 Å². The summed E-state index contributed by atoms with van der Waals surface area (Å²) in [4.78, 5) is 29.8. The van der Waals surface area contributed by atoms with E-state index in [0.717, 1.165) is 40.4 Å². The number of rotatable bonds is 11. The molecular formula is C31H35Cl2N3O4S2. The highest BCUT2D eigenvalue weighted by Gasteiger charge is 2.33. The van der Waals surface area contributed by atoms with Crippen LogP contribution in [0, 0.1) is 6.92 Å². The van der Waals surface area contributed by atoms with Crippen molar-refractivity contribution in [1.29, 1.82) is 0 Å². The van der Waals surface area contributed by atoms with Gasteiger partial charge in [0, 0.05) is 27.5 Å². The first-order chi connectivity index (χ1) is 20.0. The molecule has 0 saturated heterocycles. The van der Waals surface area contributed by atoms with Crippen molar-refractivity contribution in [3.63, 3.8) is 0 Å². The largest absolute Gasteiger partial charge is 0.352 e. The third kappa shape index (κ3) is 7.81. The van der Waals surface area contributed by atoms with Crippen LogP contribution < -0.4 is 9.62 Å². The number of carbonyl (C=O) groups excluding carboxylic acids is 2. The van der Waals surface area contributed by atoms with Gasteiger partial charge in [0.1, 0.15) is 12.6 Å². The number of hydrogen-bond acceptors (Lipinski definition) is 5. The Bertz CT molecular complexity index is 1510. The molecule has 7 nitrogen and oxygen atoms in total. The number of halogens is 2. The number of hydrogen-bond donors (Lipinski definition) is 1. The lowest BCUT2D eigenvalue weighted by Gasteiger charge is -2.32. The van der Waals surface area contributed by atoms with Gasteiger partial charge >= 0.3 is 0 Å². The molecule has 0 bridgehead atoms. The molecule has 0 aliphatic heterocycles. The number of aryl methyl sites for hydroxylation is 1. The summed E-state index contributed by atoms with van der Waals surface area (Å²) in [5.74, 6) is -0.835. The maximum absolute atomic E-state index is 14.1. The molecule has 1 aliphatic rings. The van der Waals surface area contributed by atoms with Crippen molar-refractivity contribution in [3.8, 4) is 0 Å². The maximum Gasteiger partial charge on any atom is 0.264 e. The molecule has 1 N–H and O–H groups in total. The molecule has 0 aromatic heterocycles. The van der Waals surface area contributed by atoms with Crippen LogP contribution in [0.1, 0.15) is 43.7 Å². The van der Waals surface area contributed by atoms with Gasteiger partial charge in [-0.05, 0) is 87.0 Å². The number of thioether (sulfide) groups is 1. The van der Waals surface area contributed by atoms with Gasteiger partial charge in [-0.3, -0.25) is 13.9 Å². The molecule has 1 aliphatic carbocycles. The highest BCUT2D eigenvalue weighted by atomic mass is 35.5. The average Bonchev–Trinajstić information content (AvgIpc) is 3.48. The van der Waals surface area contributed by atoms with Crippen molar-refractivity contribution in [2.24, 2.45) is 0 Å². The Labute approximate surface area is 262 Å². The Kier molecular flexibility index (Phi) is 10.9. The molecule has 3 aromatic carbocycles. The molecule has 3 aromatic rings. The molecule has 11 heteroatoms. The fourth-order valence-electron chi connectivity index (χ4n) is 4.92. The number of amides is 2. The minimum Gasteiger partial charge on any atom is -0.352 e. The average molecular weight is 649 g/mol. The Morgan fingerprint density at radius 3 is 2.24 bits per heavy atom. The van der Waals surface area contributed by atoms with E-state index in [1.54, 1.807) is 61.5 Å². The monoisotopic (exact) mass is 647 g/mol. The van der Waals surface area contributed by atoms with Crippen LogP contribution in [0.3, 0.4) is 0 Å². The van der Waals surface area contributed by atoms with Crippen molar-refractivity contribution in [1.82, 2.24) is 10.2 Å². The van der Waals surface area contributed by atoms with Crippen molar-refractivity contribution in [3.05, 3.63) is 87.9 Å². The Morgan fingerprint density at radius 1 is 1.00 bits per heavy atom. The van der Waals surface area contributed by atoms with Crippen molar-refractivity contribution in [2.75, 3.05) is 17.1 Å². The van der Waals surface area contributed by atoms with Gasteiger partial charge in [-0.25, -0.2) is 8.42 Å². The summed E-state index contributed by atoms with van der Waals surface area (Å²) in [5, 5.41) is 3.85. The second-order valence-electron chi connectivity index (χ2n) is 10.4. The smallest absolute Gasteiger partial charge is 0.264 e. The first kappa shape index (κ1) is 32.2. The third-order valence-corrected chi connectivity index (χ3v) is 10.6. The number of anilines is 1. The van der Waals surface area contributed by atoms with Crippen LogP contribution in [-0.2, 0) is 26.2 Å². The van der Waals surface area contributed by atoms with E-state index < -0.39 is 28.5 Å². The van der Waals surface area contributed by atoms with Gasteiger partial charge in [-0.1, -0.05) is 59.8 Å². The van der Waals surface area contributed by atoms with Crippen LogP contribution in [0.25, 0.3) is 0 Å². The lowest BCUT2D eigenvalue weighted by Crippen LogP contribution is -2.52. The maximum atomic E-state index is 14.1. The summed E-state index contributed by atoms with van der Waals surface area (Å²) in [6, 6.07) is 17.6. The predicted octanol–water partition coefficient (Wildman–Crippen LogP) is 6.70. The molecular weight excluding hydrogens is 613 g/mol. The van der Waals surface area contributed by atoms with Crippen molar-refractivity contribution >= 4 is 62.5 Å². The zero-order chi connectivity index (χ0) is 30.4. The number of benzene rings is 3. The first-order valence-corrected chi connectivity index (χ1v) is 17.2. The third-order valence-electron chi connectivity index (χ3n) is 7.47. The van der Waals surface area contributed by atoms with E-state index in [0.29, 0.717) is 21.3 Å². The van der Waals surface area contributed by atoms with E-state index >= 15 is 0 Å². The van der Waals surface area contributed by atoms with E-state index in [1.807, 2.05) is 13.2 Å². The van der Waals surface area contributed by atoms with Crippen LogP contribution in [0.2, 0.25) is 10.0 Å². The number of carbonyl (C=O) groups is 2. The molecule has 4 rings (SSSR count). The van der Waals surface area contributed by atoms with Gasteiger partial charge in [0.25, 0.3) is 10.0 Å². The second kappa shape index (κ2) is 14.2. The summed E-state index contributed by atoms with van der Waals surface area (Å²) in [7, 11) is -4.14. The molecule has 1 saturated carbocycles. The van der Waals surface area contributed by atoms with Crippen LogP contribution in [0.5, 0.6) is 0 Å². The Balaban J connectivity index is 1.70. The summed E-state index contributed by atoms with van der Waals surface area (Å²) in [5.41, 5.74) is 1.88. The van der Waals surface area contributed by atoms with Gasteiger partial charge in [0.05, 0.1) is 10.6 Å². The molecule has 0 radical (unpaired) electrons. The highest BCUT2D eigenvalue weighted by molar-refractivity contribution is 7.98. The lowest BCUT2D eigenvalue weighted by atomic mass is 10.1. The van der Waals surface area contributed by atoms with Crippen LogP contribution in [-0.4, -0.2) is 50.0 Å². The summed E-state index contributed by atoms with van der Waals surface area (Å²) < 4.78 is 29.1. The normalized spacial score (nSPS) is 14.4. The molecule has 42 heavy (non-hydrogen) atoms. The van der Waals surface area contributed by atoms with Gasteiger partial charge in [0.15, 0.2) is 0 Å². The second-order valence-corrected chi connectivity index (χ2v) is 14.0. The Hall–Kier alpha value is -2.72. The molecule has 0 spiro atoms. The molecule has 224 valence electrons. The van der Waals surface area contributed by atoms with Crippen molar-refractivity contribution < 1.29 is 18.0 Å².